The first kappa shape index (κ1) is 17.1. The lowest BCUT2D eigenvalue weighted by Gasteiger charge is -2.38. The van der Waals surface area contributed by atoms with Crippen LogP contribution in [0.15, 0.2) is 60.7 Å². The van der Waals surface area contributed by atoms with Gasteiger partial charge in [-0.3, -0.25) is 0 Å². The summed E-state index contributed by atoms with van der Waals surface area (Å²) in [5.74, 6) is 0.764. The molecule has 0 radical (unpaired) electrons. The van der Waals surface area contributed by atoms with Gasteiger partial charge in [0.15, 0.2) is 0 Å². The molecule has 1 amide bonds. The Balaban J connectivity index is 1.19. The van der Waals surface area contributed by atoms with Crippen molar-refractivity contribution in [3.8, 4) is 0 Å². The maximum Gasteiger partial charge on any atom is 0.407 e. The summed E-state index contributed by atoms with van der Waals surface area (Å²) in [6.07, 6.45) is 4.24. The average molecular weight is 350 g/mol. The highest BCUT2D eigenvalue weighted by atomic mass is 16.5. The van der Waals surface area contributed by atoms with Gasteiger partial charge in [0.1, 0.15) is 6.61 Å². The van der Waals surface area contributed by atoms with Crippen LogP contribution in [0.1, 0.15) is 42.9 Å². The van der Waals surface area contributed by atoms with Gasteiger partial charge < -0.3 is 15.4 Å². The molecule has 4 rings (SSSR count). The van der Waals surface area contributed by atoms with Crippen molar-refractivity contribution in [3.05, 3.63) is 71.8 Å². The van der Waals surface area contributed by atoms with Crippen LogP contribution in [-0.2, 0) is 11.3 Å². The third-order valence-corrected chi connectivity index (χ3v) is 5.34. The summed E-state index contributed by atoms with van der Waals surface area (Å²) < 4.78 is 5.30. The molecule has 26 heavy (non-hydrogen) atoms. The summed E-state index contributed by atoms with van der Waals surface area (Å²) in [4.78, 5) is 11.9. The molecular weight excluding hydrogens is 324 g/mol. The van der Waals surface area contributed by atoms with E-state index < -0.39 is 0 Å². The van der Waals surface area contributed by atoms with Crippen LogP contribution in [-0.4, -0.2) is 18.2 Å². The second-order valence-electron chi connectivity index (χ2n) is 7.46. The highest BCUT2D eigenvalue weighted by molar-refractivity contribution is 5.67. The molecule has 0 aliphatic heterocycles. The van der Waals surface area contributed by atoms with Gasteiger partial charge in [0.25, 0.3) is 0 Å². The van der Waals surface area contributed by atoms with Crippen LogP contribution in [0, 0.1) is 5.92 Å². The highest BCUT2D eigenvalue weighted by Gasteiger charge is 2.37. The fourth-order valence-electron chi connectivity index (χ4n) is 3.65. The quantitative estimate of drug-likeness (QED) is 0.787. The number of carbonyl (C=O) groups is 1. The lowest BCUT2D eigenvalue weighted by Crippen LogP contribution is -2.53. The van der Waals surface area contributed by atoms with Gasteiger partial charge in [-0.2, -0.15) is 0 Å². The minimum Gasteiger partial charge on any atom is -0.445 e. The Morgan fingerprint density at radius 2 is 1.62 bits per heavy atom. The SMILES string of the molecule is O=C(NC1CC(NC(c2ccccc2)C2CC2)C1)OCc1ccccc1. The Hall–Kier alpha value is -2.33. The van der Waals surface area contributed by atoms with Gasteiger partial charge >= 0.3 is 6.09 Å². The maximum atomic E-state index is 11.9. The fourth-order valence-corrected chi connectivity index (χ4v) is 3.65. The molecule has 4 nitrogen and oxygen atoms in total. The van der Waals surface area contributed by atoms with E-state index in [2.05, 4.69) is 41.0 Å². The summed E-state index contributed by atoms with van der Waals surface area (Å²) >= 11 is 0. The highest BCUT2D eigenvalue weighted by Crippen LogP contribution is 2.42. The minimum absolute atomic E-state index is 0.214. The predicted octanol–water partition coefficient (Wildman–Crippen LogP) is 4.18. The van der Waals surface area contributed by atoms with Gasteiger partial charge in [-0.15, -0.1) is 0 Å². The third kappa shape index (κ3) is 4.44. The van der Waals surface area contributed by atoms with Gasteiger partial charge in [0.2, 0.25) is 0 Å². The number of amides is 1. The Labute approximate surface area is 155 Å². The molecule has 1 atom stereocenters. The molecule has 136 valence electrons. The third-order valence-electron chi connectivity index (χ3n) is 5.34. The molecule has 0 spiro atoms. The van der Waals surface area contributed by atoms with Crippen LogP contribution >= 0.6 is 0 Å². The number of hydrogen-bond acceptors (Lipinski definition) is 3. The molecule has 0 aromatic heterocycles. The van der Waals surface area contributed by atoms with Gasteiger partial charge in [0.05, 0.1) is 0 Å². The first-order chi connectivity index (χ1) is 12.8. The van der Waals surface area contributed by atoms with Crippen LogP contribution in [0.5, 0.6) is 0 Å². The minimum atomic E-state index is -0.320. The summed E-state index contributed by atoms with van der Waals surface area (Å²) in [6, 6.07) is 21.6. The number of benzene rings is 2. The predicted molar refractivity (Wildman–Crippen MR) is 102 cm³/mol. The summed E-state index contributed by atoms with van der Waals surface area (Å²) in [6.45, 7) is 0.318. The smallest absolute Gasteiger partial charge is 0.407 e. The monoisotopic (exact) mass is 350 g/mol. The normalized spacial score (nSPS) is 22.9. The average Bonchev–Trinajstić information content (AvgIpc) is 3.48. The van der Waals surface area contributed by atoms with Crippen molar-refractivity contribution in [2.24, 2.45) is 5.92 Å². The molecule has 0 bridgehead atoms. The zero-order valence-corrected chi connectivity index (χ0v) is 14.9. The maximum absolute atomic E-state index is 11.9. The molecule has 2 aromatic carbocycles. The first-order valence-corrected chi connectivity index (χ1v) is 9.56. The topological polar surface area (TPSA) is 50.4 Å². The molecule has 1 unspecified atom stereocenters. The van der Waals surface area contributed by atoms with Crippen LogP contribution in [0.3, 0.4) is 0 Å². The molecule has 2 aliphatic carbocycles. The Morgan fingerprint density at radius 1 is 0.962 bits per heavy atom. The van der Waals surface area contributed by atoms with Crippen molar-refractivity contribution < 1.29 is 9.53 Å². The second kappa shape index (κ2) is 7.92. The molecule has 2 aromatic rings. The number of rotatable bonds is 7. The zero-order valence-electron chi connectivity index (χ0n) is 14.9. The lowest BCUT2D eigenvalue weighted by molar-refractivity contribution is 0.124. The van der Waals surface area contributed by atoms with Crippen LogP contribution in [0.2, 0.25) is 0 Å². The largest absolute Gasteiger partial charge is 0.445 e. The van der Waals surface area contributed by atoms with Crippen molar-refractivity contribution in [1.29, 1.82) is 0 Å². The Kier molecular flexibility index (Phi) is 5.21. The van der Waals surface area contributed by atoms with E-state index in [0.717, 1.165) is 24.3 Å². The fraction of sp³-hybridized carbons (Fsp3) is 0.409. The Morgan fingerprint density at radius 3 is 2.27 bits per heavy atom. The number of ether oxygens (including phenoxy) is 1. The molecule has 2 saturated carbocycles. The van der Waals surface area contributed by atoms with Crippen molar-refractivity contribution in [2.75, 3.05) is 0 Å². The number of nitrogens with one attached hydrogen (secondary N) is 2. The molecule has 4 heteroatoms. The molecule has 2 fully saturated rings. The number of alkyl carbamates (subject to hydrolysis) is 1. The standard InChI is InChI=1S/C22H26N2O2/c25-22(26-15-16-7-3-1-4-8-16)24-20-13-19(14-20)23-21(18-11-12-18)17-9-5-2-6-10-17/h1-10,18-21,23H,11-15H2,(H,24,25). The Bertz CT molecular complexity index is 709. The van der Waals surface area contributed by atoms with E-state index in [1.165, 1.54) is 18.4 Å². The molecule has 0 heterocycles. The first-order valence-electron chi connectivity index (χ1n) is 9.56. The summed E-state index contributed by atoms with van der Waals surface area (Å²) in [5, 5.41) is 6.77. The molecule has 0 saturated heterocycles. The lowest BCUT2D eigenvalue weighted by atomic mass is 9.85. The van der Waals surface area contributed by atoms with Gasteiger partial charge in [0, 0.05) is 18.1 Å². The van der Waals surface area contributed by atoms with Crippen molar-refractivity contribution in [1.82, 2.24) is 10.6 Å². The van der Waals surface area contributed by atoms with Gasteiger partial charge in [-0.05, 0) is 42.7 Å². The molecule has 2 aliphatic rings. The summed E-state index contributed by atoms with van der Waals surface area (Å²) in [5.41, 5.74) is 2.39. The summed E-state index contributed by atoms with van der Waals surface area (Å²) in [7, 11) is 0. The molecular formula is C22H26N2O2. The van der Waals surface area contributed by atoms with E-state index >= 15 is 0 Å². The molecule has 2 N–H and O–H groups in total. The van der Waals surface area contributed by atoms with E-state index in [4.69, 9.17) is 4.74 Å². The number of carbonyl (C=O) groups excluding carboxylic acids is 1. The second-order valence-corrected chi connectivity index (χ2v) is 7.46. The van der Waals surface area contributed by atoms with Crippen molar-refractivity contribution in [2.45, 2.75) is 50.4 Å². The van der Waals surface area contributed by atoms with Crippen LogP contribution in [0.25, 0.3) is 0 Å². The van der Waals surface area contributed by atoms with E-state index in [9.17, 15) is 4.79 Å². The van der Waals surface area contributed by atoms with E-state index in [1.54, 1.807) is 0 Å². The zero-order chi connectivity index (χ0) is 17.8. The van der Waals surface area contributed by atoms with E-state index in [-0.39, 0.29) is 12.1 Å². The van der Waals surface area contributed by atoms with Crippen molar-refractivity contribution in [3.63, 3.8) is 0 Å². The number of hydrogen-bond donors (Lipinski definition) is 2. The van der Waals surface area contributed by atoms with E-state index in [0.29, 0.717) is 18.7 Å². The van der Waals surface area contributed by atoms with Crippen molar-refractivity contribution >= 4 is 6.09 Å². The van der Waals surface area contributed by atoms with Gasteiger partial charge in [-0.1, -0.05) is 60.7 Å². The van der Waals surface area contributed by atoms with Crippen LogP contribution < -0.4 is 10.6 Å². The van der Waals surface area contributed by atoms with Gasteiger partial charge in [-0.25, -0.2) is 4.79 Å². The van der Waals surface area contributed by atoms with E-state index in [1.807, 2.05) is 30.3 Å². The van der Waals surface area contributed by atoms with Crippen LogP contribution in [0.4, 0.5) is 4.79 Å².